The second-order valence-electron chi connectivity index (χ2n) is 7.89. The van der Waals surface area contributed by atoms with E-state index in [2.05, 4.69) is 36.1 Å². The normalized spacial score (nSPS) is 14.3. The van der Waals surface area contributed by atoms with E-state index in [0.29, 0.717) is 18.9 Å². The number of rotatable bonds is 4. The lowest BCUT2D eigenvalue weighted by atomic mass is 9.87. The van der Waals surface area contributed by atoms with Crippen LogP contribution < -0.4 is 0 Å². The Kier molecular flexibility index (Phi) is 4.42. The van der Waals surface area contributed by atoms with Gasteiger partial charge in [-0.05, 0) is 5.41 Å². The summed E-state index contributed by atoms with van der Waals surface area (Å²) in [5.74, 6) is 0.714. The first-order valence-electron chi connectivity index (χ1n) is 7.57. The molecule has 0 fully saturated rings. The van der Waals surface area contributed by atoms with Crippen LogP contribution >= 0.6 is 0 Å². The maximum absolute atomic E-state index is 10.1. The van der Waals surface area contributed by atoms with Crippen LogP contribution in [-0.4, -0.2) is 31.2 Å². The lowest BCUT2D eigenvalue weighted by molar-refractivity contribution is 0.0627. The van der Waals surface area contributed by atoms with Crippen LogP contribution in [0.2, 0.25) is 0 Å². The van der Waals surface area contributed by atoms with Gasteiger partial charge in [0.2, 0.25) is 0 Å². The Morgan fingerprint density at radius 2 is 1.86 bits per heavy atom. The second-order valence-corrected chi connectivity index (χ2v) is 7.89. The van der Waals surface area contributed by atoms with Gasteiger partial charge >= 0.3 is 0 Å². The van der Waals surface area contributed by atoms with Gasteiger partial charge < -0.3 is 9.52 Å². The van der Waals surface area contributed by atoms with Crippen LogP contribution in [0.25, 0.3) is 0 Å². The van der Waals surface area contributed by atoms with Crippen molar-refractivity contribution in [2.24, 2.45) is 5.41 Å². The molecule has 2 rings (SSSR count). The Morgan fingerprint density at radius 1 is 1.18 bits per heavy atom. The van der Waals surface area contributed by atoms with Crippen LogP contribution in [-0.2, 0) is 18.4 Å². The number of aliphatic hydroxyl groups is 1. The molecule has 6 heteroatoms. The van der Waals surface area contributed by atoms with E-state index in [1.165, 1.54) is 0 Å². The van der Waals surface area contributed by atoms with E-state index in [-0.39, 0.29) is 10.8 Å². The predicted molar refractivity (Wildman–Crippen MR) is 83.5 cm³/mol. The molecular formula is C16H26N4O2. The number of nitrogens with zero attached hydrogens (tertiary/aromatic N) is 4. The number of hydrogen-bond acceptors (Lipinski definition) is 5. The SMILES string of the molecule is CC(C)(C)c1nc(Cn2cc(CC(O)C(C)(C)C)nn2)co1. The second kappa shape index (κ2) is 5.83. The summed E-state index contributed by atoms with van der Waals surface area (Å²) in [5, 5.41) is 18.3. The Hall–Kier alpha value is -1.69. The number of aliphatic hydroxyl groups excluding tert-OH is 1. The van der Waals surface area contributed by atoms with E-state index in [1.807, 2.05) is 27.0 Å². The Labute approximate surface area is 131 Å². The van der Waals surface area contributed by atoms with Gasteiger partial charge in [0.25, 0.3) is 0 Å². The Balaban J connectivity index is 2.02. The third kappa shape index (κ3) is 4.16. The molecule has 2 aromatic heterocycles. The van der Waals surface area contributed by atoms with Gasteiger partial charge in [-0.15, -0.1) is 5.10 Å². The highest BCUT2D eigenvalue weighted by Crippen LogP contribution is 2.22. The maximum atomic E-state index is 10.1. The lowest BCUT2D eigenvalue weighted by Crippen LogP contribution is -2.28. The monoisotopic (exact) mass is 306 g/mol. The van der Waals surface area contributed by atoms with Crippen LogP contribution in [0, 0.1) is 5.41 Å². The molecule has 0 amide bonds. The molecule has 0 radical (unpaired) electrons. The van der Waals surface area contributed by atoms with Gasteiger partial charge in [0.15, 0.2) is 5.89 Å². The zero-order valence-corrected chi connectivity index (χ0v) is 14.3. The molecule has 1 unspecified atom stereocenters. The molecule has 0 bridgehead atoms. The summed E-state index contributed by atoms with van der Waals surface area (Å²) >= 11 is 0. The molecule has 0 aliphatic carbocycles. The molecule has 2 heterocycles. The average Bonchev–Trinajstić information content (AvgIpc) is 2.97. The summed E-state index contributed by atoms with van der Waals surface area (Å²) in [5.41, 5.74) is 1.32. The molecular weight excluding hydrogens is 280 g/mol. The van der Waals surface area contributed by atoms with Crippen LogP contribution in [0.3, 0.4) is 0 Å². The molecule has 1 N–H and O–H groups in total. The molecule has 0 saturated heterocycles. The molecule has 1 atom stereocenters. The smallest absolute Gasteiger partial charge is 0.199 e. The van der Waals surface area contributed by atoms with Gasteiger partial charge in [0.1, 0.15) is 12.0 Å². The highest BCUT2D eigenvalue weighted by Gasteiger charge is 2.24. The number of hydrogen-bond donors (Lipinski definition) is 1. The van der Waals surface area contributed by atoms with Crippen molar-refractivity contribution in [2.75, 3.05) is 0 Å². The van der Waals surface area contributed by atoms with Gasteiger partial charge in [-0.2, -0.15) is 0 Å². The fourth-order valence-electron chi connectivity index (χ4n) is 1.90. The largest absolute Gasteiger partial charge is 0.448 e. The van der Waals surface area contributed by atoms with E-state index in [4.69, 9.17) is 4.42 Å². The first-order chi connectivity index (χ1) is 10.1. The molecule has 6 nitrogen and oxygen atoms in total. The molecule has 0 spiro atoms. The Morgan fingerprint density at radius 3 is 2.41 bits per heavy atom. The van der Waals surface area contributed by atoms with E-state index < -0.39 is 6.10 Å². The molecule has 0 aromatic carbocycles. The van der Waals surface area contributed by atoms with Gasteiger partial charge in [0, 0.05) is 18.0 Å². The standard InChI is InChI=1S/C16H26N4O2/c1-15(2,3)13(21)7-11-8-20(19-18-11)9-12-10-22-14(17-12)16(4,5)6/h8,10,13,21H,7,9H2,1-6H3. The van der Waals surface area contributed by atoms with Gasteiger partial charge in [-0.1, -0.05) is 46.8 Å². The minimum absolute atomic E-state index is 0.109. The highest BCUT2D eigenvalue weighted by molar-refractivity contribution is 5.05. The first-order valence-corrected chi connectivity index (χ1v) is 7.57. The summed E-state index contributed by atoms with van der Waals surface area (Å²) in [4.78, 5) is 4.48. The number of oxazole rings is 1. The summed E-state index contributed by atoms with van der Waals surface area (Å²) in [7, 11) is 0. The Bertz CT molecular complexity index is 617. The fourth-order valence-corrected chi connectivity index (χ4v) is 1.90. The van der Waals surface area contributed by atoms with Crippen molar-refractivity contribution >= 4 is 0 Å². The third-order valence-corrected chi connectivity index (χ3v) is 3.51. The van der Waals surface area contributed by atoms with Crippen LogP contribution in [0.1, 0.15) is 58.8 Å². The fraction of sp³-hybridized carbons (Fsp3) is 0.688. The summed E-state index contributed by atoms with van der Waals surface area (Å²) in [6.07, 6.45) is 3.55. The molecule has 122 valence electrons. The van der Waals surface area contributed by atoms with Crippen molar-refractivity contribution in [3.63, 3.8) is 0 Å². The van der Waals surface area contributed by atoms with Crippen LogP contribution in [0.5, 0.6) is 0 Å². The molecule has 0 aliphatic rings. The van der Waals surface area contributed by atoms with Gasteiger partial charge in [0.05, 0.1) is 18.3 Å². The number of aromatic nitrogens is 4. The van der Waals surface area contributed by atoms with Crippen LogP contribution in [0.4, 0.5) is 0 Å². The van der Waals surface area contributed by atoms with Crippen molar-refractivity contribution in [1.82, 2.24) is 20.0 Å². The topological polar surface area (TPSA) is 77.0 Å². The van der Waals surface area contributed by atoms with E-state index in [1.54, 1.807) is 10.9 Å². The van der Waals surface area contributed by atoms with Crippen molar-refractivity contribution in [3.05, 3.63) is 29.7 Å². The van der Waals surface area contributed by atoms with E-state index in [9.17, 15) is 5.11 Å². The molecule has 0 aliphatic heterocycles. The van der Waals surface area contributed by atoms with Crippen molar-refractivity contribution in [3.8, 4) is 0 Å². The zero-order valence-electron chi connectivity index (χ0n) is 14.3. The van der Waals surface area contributed by atoms with Gasteiger partial charge in [-0.3, -0.25) is 0 Å². The molecule has 22 heavy (non-hydrogen) atoms. The quantitative estimate of drug-likeness (QED) is 0.939. The summed E-state index contributed by atoms with van der Waals surface area (Å²) < 4.78 is 7.22. The van der Waals surface area contributed by atoms with Crippen molar-refractivity contribution < 1.29 is 9.52 Å². The molecule has 2 aromatic rings. The maximum Gasteiger partial charge on any atom is 0.199 e. The first kappa shape index (κ1) is 16.7. The minimum atomic E-state index is -0.447. The summed E-state index contributed by atoms with van der Waals surface area (Å²) in [6.45, 7) is 12.7. The molecule has 0 saturated carbocycles. The van der Waals surface area contributed by atoms with Gasteiger partial charge in [-0.25, -0.2) is 9.67 Å². The highest BCUT2D eigenvalue weighted by atomic mass is 16.3. The average molecular weight is 306 g/mol. The van der Waals surface area contributed by atoms with E-state index >= 15 is 0 Å². The van der Waals surface area contributed by atoms with E-state index in [0.717, 1.165) is 11.4 Å². The summed E-state index contributed by atoms with van der Waals surface area (Å²) in [6, 6.07) is 0. The van der Waals surface area contributed by atoms with Crippen molar-refractivity contribution in [2.45, 2.75) is 66.0 Å². The minimum Gasteiger partial charge on any atom is -0.448 e. The zero-order chi connectivity index (χ0) is 16.5. The predicted octanol–water partition coefficient (Wildman–Crippen LogP) is 2.56. The van der Waals surface area contributed by atoms with Crippen LogP contribution in [0.15, 0.2) is 16.9 Å². The van der Waals surface area contributed by atoms with Crippen molar-refractivity contribution in [1.29, 1.82) is 0 Å². The third-order valence-electron chi connectivity index (χ3n) is 3.51. The lowest BCUT2D eigenvalue weighted by Gasteiger charge is -2.24.